The van der Waals surface area contributed by atoms with Crippen LogP contribution in [0.25, 0.3) is 0 Å². The molecule has 1 aromatic heterocycles. The Morgan fingerprint density at radius 1 is 1.36 bits per heavy atom. The number of ether oxygens (including phenoxy) is 2. The molecule has 2 heterocycles. The lowest BCUT2D eigenvalue weighted by Gasteiger charge is -2.18. The first kappa shape index (κ1) is 17.0. The van der Waals surface area contributed by atoms with Crippen molar-refractivity contribution in [3.8, 4) is 5.75 Å². The van der Waals surface area contributed by atoms with E-state index in [0.29, 0.717) is 36.8 Å². The lowest BCUT2D eigenvalue weighted by Crippen LogP contribution is -2.32. The Bertz CT molecular complexity index is 787. The third kappa shape index (κ3) is 3.97. The van der Waals surface area contributed by atoms with Gasteiger partial charge in [-0.05, 0) is 24.3 Å². The first-order valence-electron chi connectivity index (χ1n) is 7.90. The molecule has 0 saturated carbocycles. The van der Waals surface area contributed by atoms with Crippen LogP contribution in [0.4, 0.5) is 5.69 Å². The van der Waals surface area contributed by atoms with Crippen molar-refractivity contribution >= 4 is 17.5 Å². The van der Waals surface area contributed by atoms with Gasteiger partial charge in [0.2, 0.25) is 5.91 Å². The summed E-state index contributed by atoms with van der Waals surface area (Å²) in [5.74, 6) is 0.324. The molecule has 2 aromatic rings. The minimum Gasteiger partial charge on any atom is -0.491 e. The minimum absolute atomic E-state index is 0.0160. The van der Waals surface area contributed by atoms with Gasteiger partial charge in [-0.3, -0.25) is 14.3 Å². The third-order valence-electron chi connectivity index (χ3n) is 3.82. The predicted molar refractivity (Wildman–Crippen MR) is 90.4 cm³/mol. The van der Waals surface area contributed by atoms with Crippen LogP contribution < -0.4 is 10.1 Å². The van der Waals surface area contributed by atoms with E-state index in [1.807, 2.05) is 6.07 Å². The third-order valence-corrected chi connectivity index (χ3v) is 3.82. The molecule has 0 unspecified atom stereocenters. The fraction of sp³-hybridized carbons (Fsp3) is 0.353. The Labute approximate surface area is 145 Å². The number of aryl methyl sites for hydroxylation is 1. The monoisotopic (exact) mass is 344 g/mol. The van der Waals surface area contributed by atoms with Crippen LogP contribution in [0.1, 0.15) is 16.1 Å². The fourth-order valence-corrected chi connectivity index (χ4v) is 2.66. The van der Waals surface area contributed by atoms with Crippen LogP contribution in [0.2, 0.25) is 0 Å². The number of anilines is 1. The summed E-state index contributed by atoms with van der Waals surface area (Å²) in [6.07, 6.45) is 1.74. The number of aromatic nitrogens is 2. The summed E-state index contributed by atoms with van der Waals surface area (Å²) in [5.41, 5.74) is 1.86. The van der Waals surface area contributed by atoms with Crippen molar-refractivity contribution in [3.63, 3.8) is 0 Å². The van der Waals surface area contributed by atoms with Gasteiger partial charge >= 0.3 is 0 Å². The van der Waals surface area contributed by atoms with E-state index in [4.69, 9.17) is 9.47 Å². The van der Waals surface area contributed by atoms with Gasteiger partial charge in [0.05, 0.1) is 6.54 Å². The zero-order valence-electron chi connectivity index (χ0n) is 14.2. The van der Waals surface area contributed by atoms with Gasteiger partial charge in [-0.25, -0.2) is 0 Å². The van der Waals surface area contributed by atoms with Crippen LogP contribution >= 0.6 is 0 Å². The van der Waals surface area contributed by atoms with Crippen LogP contribution in [0.3, 0.4) is 0 Å². The molecule has 1 N–H and O–H groups in total. The van der Waals surface area contributed by atoms with Gasteiger partial charge in [0.25, 0.3) is 5.91 Å². The zero-order chi connectivity index (χ0) is 17.8. The van der Waals surface area contributed by atoms with Crippen LogP contribution in [-0.4, -0.2) is 53.4 Å². The largest absolute Gasteiger partial charge is 0.491 e. The highest BCUT2D eigenvalue weighted by atomic mass is 16.5. The van der Waals surface area contributed by atoms with Crippen molar-refractivity contribution in [2.45, 2.75) is 6.54 Å². The zero-order valence-corrected chi connectivity index (χ0v) is 14.2. The van der Waals surface area contributed by atoms with Crippen molar-refractivity contribution in [1.29, 1.82) is 0 Å². The highest BCUT2D eigenvalue weighted by Gasteiger charge is 2.23. The Balaban J connectivity index is 1.78. The fourth-order valence-electron chi connectivity index (χ4n) is 2.66. The number of fused-ring (bicyclic) bond motifs is 1. The van der Waals surface area contributed by atoms with Gasteiger partial charge in [-0.2, -0.15) is 5.10 Å². The van der Waals surface area contributed by atoms with Crippen LogP contribution in [0.15, 0.2) is 30.5 Å². The molecule has 0 bridgehead atoms. The molecule has 0 spiro atoms. The standard InChI is InChI=1S/C17H20N4O4/c1-20-6-5-14(19-20)17(23)21-7-8-25-15-4-3-13(9-12(15)10-21)18-16(22)11-24-2/h3-6,9H,7-8,10-11H2,1-2H3,(H,18,22). The quantitative estimate of drug-likeness (QED) is 0.896. The average Bonchev–Trinajstić information content (AvgIpc) is 2.90. The van der Waals surface area contributed by atoms with E-state index >= 15 is 0 Å². The van der Waals surface area contributed by atoms with E-state index in [2.05, 4.69) is 10.4 Å². The molecule has 0 aliphatic carbocycles. The molecular weight excluding hydrogens is 324 g/mol. The summed E-state index contributed by atoms with van der Waals surface area (Å²) in [5, 5.41) is 6.92. The Morgan fingerprint density at radius 2 is 2.20 bits per heavy atom. The molecule has 8 nitrogen and oxygen atoms in total. The highest BCUT2D eigenvalue weighted by molar-refractivity contribution is 5.93. The lowest BCUT2D eigenvalue weighted by molar-refractivity contribution is -0.119. The first-order valence-corrected chi connectivity index (χ1v) is 7.90. The van der Waals surface area contributed by atoms with Crippen molar-refractivity contribution in [1.82, 2.24) is 14.7 Å². The van der Waals surface area contributed by atoms with Gasteiger partial charge < -0.3 is 19.7 Å². The number of rotatable bonds is 4. The average molecular weight is 344 g/mol. The summed E-state index contributed by atoms with van der Waals surface area (Å²) < 4.78 is 12.1. The van der Waals surface area contributed by atoms with E-state index in [9.17, 15) is 9.59 Å². The predicted octanol–water partition coefficient (Wildman–Crippen LogP) is 1.04. The highest BCUT2D eigenvalue weighted by Crippen LogP contribution is 2.27. The van der Waals surface area contributed by atoms with Gasteiger partial charge in [-0.15, -0.1) is 0 Å². The molecule has 2 amide bonds. The van der Waals surface area contributed by atoms with Crippen LogP contribution in [0.5, 0.6) is 5.75 Å². The first-order chi connectivity index (χ1) is 12.1. The van der Waals surface area contributed by atoms with Gasteiger partial charge in [0.1, 0.15) is 24.7 Å². The Hall–Kier alpha value is -2.87. The number of methoxy groups -OCH3 is 1. The SMILES string of the molecule is COCC(=O)Nc1ccc2c(c1)CN(C(=O)c1ccn(C)n1)CCO2. The molecule has 8 heteroatoms. The second kappa shape index (κ2) is 7.35. The minimum atomic E-state index is -0.238. The maximum absolute atomic E-state index is 12.6. The van der Waals surface area contributed by atoms with E-state index < -0.39 is 0 Å². The number of carbonyl (C=O) groups excluding carboxylic acids is 2. The maximum Gasteiger partial charge on any atom is 0.274 e. The normalized spacial score (nSPS) is 13.6. The van der Waals surface area contributed by atoms with Crippen LogP contribution in [0, 0.1) is 0 Å². The summed E-state index contributed by atoms with van der Waals surface area (Å²) >= 11 is 0. The molecule has 1 aliphatic heterocycles. The lowest BCUT2D eigenvalue weighted by atomic mass is 10.1. The second-order valence-electron chi connectivity index (χ2n) is 5.75. The van der Waals surface area contributed by atoms with Gasteiger partial charge in [0.15, 0.2) is 0 Å². The number of amides is 2. The van der Waals surface area contributed by atoms with E-state index in [0.717, 1.165) is 5.56 Å². The molecule has 3 rings (SSSR count). The molecule has 1 aromatic carbocycles. The topological polar surface area (TPSA) is 85.7 Å². The smallest absolute Gasteiger partial charge is 0.274 e. The number of benzene rings is 1. The van der Waals surface area contributed by atoms with Crippen LogP contribution in [-0.2, 0) is 23.1 Å². The number of hydrogen-bond acceptors (Lipinski definition) is 5. The summed E-state index contributed by atoms with van der Waals surface area (Å²) in [6.45, 7) is 1.24. The number of nitrogens with one attached hydrogen (secondary N) is 1. The molecule has 0 atom stereocenters. The van der Waals surface area contributed by atoms with Crippen molar-refractivity contribution < 1.29 is 19.1 Å². The van der Waals surface area contributed by atoms with Crippen molar-refractivity contribution in [2.24, 2.45) is 7.05 Å². The Morgan fingerprint density at radius 3 is 2.92 bits per heavy atom. The maximum atomic E-state index is 12.6. The van der Waals surface area contributed by atoms with Crippen molar-refractivity contribution in [2.75, 3.05) is 32.2 Å². The van der Waals surface area contributed by atoms with Gasteiger partial charge in [0, 0.05) is 38.1 Å². The van der Waals surface area contributed by atoms with Gasteiger partial charge in [-0.1, -0.05) is 0 Å². The summed E-state index contributed by atoms with van der Waals surface area (Å²) in [4.78, 5) is 26.0. The molecule has 1 aliphatic rings. The van der Waals surface area contributed by atoms with Crippen molar-refractivity contribution in [3.05, 3.63) is 41.7 Å². The molecule has 0 saturated heterocycles. The second-order valence-corrected chi connectivity index (χ2v) is 5.75. The molecule has 25 heavy (non-hydrogen) atoms. The molecular formula is C17H20N4O4. The van der Waals surface area contributed by atoms with E-state index in [-0.39, 0.29) is 18.4 Å². The molecule has 0 radical (unpaired) electrons. The molecule has 0 fully saturated rings. The number of hydrogen-bond donors (Lipinski definition) is 1. The summed E-state index contributed by atoms with van der Waals surface area (Å²) in [7, 11) is 3.23. The number of carbonyl (C=O) groups is 2. The Kier molecular flexibility index (Phi) is 4.99. The van der Waals surface area contributed by atoms with E-state index in [1.54, 1.807) is 41.0 Å². The van der Waals surface area contributed by atoms with E-state index in [1.165, 1.54) is 7.11 Å². The molecule has 132 valence electrons. The number of nitrogens with zero attached hydrogens (tertiary/aromatic N) is 3. The summed E-state index contributed by atoms with van der Waals surface area (Å²) in [6, 6.07) is 7.07.